The number of aromatic nitrogens is 2. The summed E-state index contributed by atoms with van der Waals surface area (Å²) in [6.45, 7) is 3.39. The number of amides is 1. The summed E-state index contributed by atoms with van der Waals surface area (Å²) in [5.41, 5.74) is 2.55. The van der Waals surface area contributed by atoms with Gasteiger partial charge in [-0.05, 0) is 31.1 Å². The minimum atomic E-state index is -0.492. The van der Waals surface area contributed by atoms with Crippen LogP contribution in [0.3, 0.4) is 0 Å². The van der Waals surface area contributed by atoms with E-state index in [1.807, 2.05) is 37.3 Å². The standard InChI is InChI=1S/C20H21N3O5S/c1-13-16(18(23-28-13)14-5-3-2-4-6-14)12-26-20-21-11-17(29-20)27-19(24)22-15-7-9-25-10-8-15/h2-6,11,15H,7-10,12H2,1H3,(H,22,24). The molecule has 0 radical (unpaired) electrons. The Morgan fingerprint density at radius 1 is 1.28 bits per heavy atom. The fourth-order valence-corrected chi connectivity index (χ4v) is 3.62. The van der Waals surface area contributed by atoms with Crippen LogP contribution in [-0.4, -0.2) is 35.5 Å². The Morgan fingerprint density at radius 2 is 2.07 bits per heavy atom. The lowest BCUT2D eigenvalue weighted by molar-refractivity contribution is 0.0779. The van der Waals surface area contributed by atoms with Gasteiger partial charge in [0.1, 0.15) is 18.1 Å². The van der Waals surface area contributed by atoms with Crippen LogP contribution in [0.1, 0.15) is 24.2 Å². The van der Waals surface area contributed by atoms with E-state index in [1.54, 1.807) is 0 Å². The van der Waals surface area contributed by atoms with Crippen LogP contribution in [0, 0.1) is 6.92 Å². The molecule has 8 nitrogen and oxygen atoms in total. The molecule has 152 valence electrons. The van der Waals surface area contributed by atoms with E-state index in [1.165, 1.54) is 6.20 Å². The SMILES string of the molecule is Cc1onc(-c2ccccc2)c1COc1ncc(OC(=O)NC2CCOCC2)s1. The number of carbonyl (C=O) groups excluding carboxylic acids is 1. The highest BCUT2D eigenvalue weighted by atomic mass is 32.1. The molecule has 0 bridgehead atoms. The zero-order chi connectivity index (χ0) is 20.1. The molecule has 2 aromatic heterocycles. The van der Waals surface area contributed by atoms with Crippen LogP contribution < -0.4 is 14.8 Å². The van der Waals surface area contributed by atoms with Crippen LogP contribution in [0.25, 0.3) is 11.3 Å². The van der Waals surface area contributed by atoms with Crippen molar-refractivity contribution < 1.29 is 23.5 Å². The van der Waals surface area contributed by atoms with Gasteiger partial charge in [-0.2, -0.15) is 0 Å². The van der Waals surface area contributed by atoms with Gasteiger partial charge in [0.25, 0.3) is 5.19 Å². The van der Waals surface area contributed by atoms with E-state index in [9.17, 15) is 4.79 Å². The number of ether oxygens (including phenoxy) is 3. The molecule has 0 saturated carbocycles. The number of hydrogen-bond donors (Lipinski definition) is 1. The van der Waals surface area contributed by atoms with Crippen LogP contribution in [0.5, 0.6) is 10.3 Å². The van der Waals surface area contributed by atoms with Crippen molar-refractivity contribution in [3.05, 3.63) is 47.9 Å². The number of thiazole rings is 1. The van der Waals surface area contributed by atoms with Crippen molar-refractivity contribution in [2.45, 2.75) is 32.4 Å². The van der Waals surface area contributed by atoms with Crippen molar-refractivity contribution in [3.63, 3.8) is 0 Å². The maximum Gasteiger partial charge on any atom is 0.413 e. The molecule has 0 unspecified atom stereocenters. The average molecular weight is 415 g/mol. The molecule has 3 aromatic rings. The van der Waals surface area contributed by atoms with Gasteiger partial charge in [-0.3, -0.25) is 0 Å². The van der Waals surface area contributed by atoms with Crippen LogP contribution in [0.2, 0.25) is 0 Å². The summed E-state index contributed by atoms with van der Waals surface area (Å²) in [7, 11) is 0. The second kappa shape index (κ2) is 9.06. The lowest BCUT2D eigenvalue weighted by Crippen LogP contribution is -2.40. The second-order valence-electron chi connectivity index (χ2n) is 6.59. The van der Waals surface area contributed by atoms with Gasteiger partial charge in [-0.1, -0.05) is 35.5 Å². The normalized spacial score (nSPS) is 14.5. The Balaban J connectivity index is 1.34. The van der Waals surface area contributed by atoms with Gasteiger partial charge in [0, 0.05) is 24.8 Å². The molecule has 9 heteroatoms. The monoisotopic (exact) mass is 415 g/mol. The molecule has 1 aliphatic rings. The van der Waals surface area contributed by atoms with Crippen LogP contribution in [-0.2, 0) is 11.3 Å². The summed E-state index contributed by atoms with van der Waals surface area (Å²) < 4.78 is 21.7. The number of carbonyl (C=O) groups is 1. The summed E-state index contributed by atoms with van der Waals surface area (Å²) in [5, 5.41) is 7.75. The third-order valence-electron chi connectivity index (χ3n) is 4.57. The van der Waals surface area contributed by atoms with Crippen LogP contribution >= 0.6 is 11.3 Å². The number of aryl methyl sites for hydroxylation is 1. The molecule has 1 aliphatic heterocycles. The molecule has 1 amide bonds. The molecule has 0 aliphatic carbocycles. The van der Waals surface area contributed by atoms with Crippen molar-refractivity contribution in [1.82, 2.24) is 15.5 Å². The largest absolute Gasteiger partial charge is 0.465 e. The summed E-state index contributed by atoms with van der Waals surface area (Å²) in [6, 6.07) is 9.84. The first-order valence-corrected chi connectivity index (χ1v) is 10.2. The minimum absolute atomic E-state index is 0.0767. The number of nitrogens with zero attached hydrogens (tertiary/aromatic N) is 2. The Labute approximate surface area is 171 Å². The summed E-state index contributed by atoms with van der Waals surface area (Å²) in [5.74, 6) is 0.688. The lowest BCUT2D eigenvalue weighted by atomic mass is 10.1. The van der Waals surface area contributed by atoms with Crippen LogP contribution in [0.15, 0.2) is 41.1 Å². The first-order valence-electron chi connectivity index (χ1n) is 9.34. The zero-order valence-electron chi connectivity index (χ0n) is 15.9. The van der Waals surface area contributed by atoms with E-state index < -0.39 is 6.09 Å². The van der Waals surface area contributed by atoms with Crippen molar-refractivity contribution in [2.75, 3.05) is 13.2 Å². The number of hydrogen-bond acceptors (Lipinski definition) is 8. The fraction of sp³-hybridized carbons (Fsp3) is 0.350. The van der Waals surface area contributed by atoms with E-state index >= 15 is 0 Å². The summed E-state index contributed by atoms with van der Waals surface area (Å²) in [6.07, 6.45) is 2.55. The molecule has 4 rings (SSSR count). The van der Waals surface area contributed by atoms with Crippen molar-refractivity contribution in [3.8, 4) is 21.5 Å². The number of benzene rings is 1. The third kappa shape index (κ3) is 4.93. The predicted molar refractivity (Wildman–Crippen MR) is 106 cm³/mol. The quantitative estimate of drug-likeness (QED) is 0.651. The maximum absolute atomic E-state index is 12.0. The number of rotatable bonds is 6. The molecular formula is C20H21N3O5S. The number of nitrogens with one attached hydrogen (secondary N) is 1. The Bertz CT molecular complexity index is 950. The van der Waals surface area contributed by atoms with Crippen molar-refractivity contribution in [1.29, 1.82) is 0 Å². The molecule has 1 aromatic carbocycles. The van der Waals surface area contributed by atoms with Gasteiger partial charge < -0.3 is 24.1 Å². The molecule has 3 heterocycles. The highest BCUT2D eigenvalue weighted by molar-refractivity contribution is 7.15. The first kappa shape index (κ1) is 19.4. The molecule has 0 atom stereocenters. The Kier molecular flexibility index (Phi) is 6.06. The summed E-state index contributed by atoms with van der Waals surface area (Å²) in [4.78, 5) is 16.2. The molecule has 1 fully saturated rings. The zero-order valence-corrected chi connectivity index (χ0v) is 16.7. The predicted octanol–water partition coefficient (Wildman–Crippen LogP) is 3.95. The lowest BCUT2D eigenvalue weighted by Gasteiger charge is -2.22. The molecule has 1 saturated heterocycles. The van der Waals surface area contributed by atoms with Crippen molar-refractivity contribution >= 4 is 17.4 Å². The minimum Gasteiger partial charge on any atom is -0.465 e. The van der Waals surface area contributed by atoms with Gasteiger partial charge >= 0.3 is 6.09 Å². The van der Waals surface area contributed by atoms with Crippen LogP contribution in [0.4, 0.5) is 4.79 Å². The Hall–Kier alpha value is -2.91. The Morgan fingerprint density at radius 3 is 2.86 bits per heavy atom. The second-order valence-corrected chi connectivity index (χ2v) is 7.54. The van der Waals surface area contributed by atoms with E-state index in [2.05, 4.69) is 15.5 Å². The average Bonchev–Trinajstić information content (AvgIpc) is 3.34. The van der Waals surface area contributed by atoms with E-state index in [-0.39, 0.29) is 12.6 Å². The molecule has 1 N–H and O–H groups in total. The topological polar surface area (TPSA) is 95.7 Å². The van der Waals surface area contributed by atoms with E-state index in [4.69, 9.17) is 18.7 Å². The molecular weight excluding hydrogens is 394 g/mol. The van der Waals surface area contributed by atoms with Gasteiger partial charge in [-0.25, -0.2) is 9.78 Å². The smallest absolute Gasteiger partial charge is 0.413 e. The van der Waals surface area contributed by atoms with E-state index in [0.717, 1.165) is 41.0 Å². The van der Waals surface area contributed by atoms with Gasteiger partial charge in [0.15, 0.2) is 0 Å². The third-order valence-corrected chi connectivity index (χ3v) is 5.36. The van der Waals surface area contributed by atoms with E-state index in [0.29, 0.717) is 29.2 Å². The maximum atomic E-state index is 12.0. The fourth-order valence-electron chi connectivity index (χ4n) is 3.01. The molecule has 29 heavy (non-hydrogen) atoms. The van der Waals surface area contributed by atoms with Gasteiger partial charge in [-0.15, -0.1) is 0 Å². The molecule has 0 spiro atoms. The van der Waals surface area contributed by atoms with Gasteiger partial charge in [0.05, 0.1) is 11.8 Å². The summed E-state index contributed by atoms with van der Waals surface area (Å²) >= 11 is 1.16. The first-order chi connectivity index (χ1) is 14.2. The van der Waals surface area contributed by atoms with Crippen molar-refractivity contribution in [2.24, 2.45) is 0 Å². The highest BCUT2D eigenvalue weighted by Crippen LogP contribution is 2.30. The highest BCUT2D eigenvalue weighted by Gasteiger charge is 2.19. The van der Waals surface area contributed by atoms with Gasteiger partial charge in [0.2, 0.25) is 5.06 Å².